The number of esters is 1. The van der Waals surface area contributed by atoms with Crippen molar-refractivity contribution in [3.8, 4) is 28.1 Å². The Hall–Kier alpha value is -6.06. The van der Waals surface area contributed by atoms with E-state index in [0.29, 0.717) is 50.9 Å². The lowest BCUT2D eigenvalue weighted by molar-refractivity contribution is -0.155. The highest BCUT2D eigenvalue weighted by Crippen LogP contribution is 2.42. The van der Waals surface area contributed by atoms with Gasteiger partial charge >= 0.3 is 5.97 Å². The van der Waals surface area contributed by atoms with Gasteiger partial charge < -0.3 is 33.9 Å². The Kier molecular flexibility index (Phi) is 12.9. The number of aromatic hydroxyl groups is 1. The molecule has 3 aliphatic heterocycles. The van der Waals surface area contributed by atoms with Crippen LogP contribution in [0.15, 0.2) is 67.1 Å². The van der Waals surface area contributed by atoms with Gasteiger partial charge in [-0.2, -0.15) is 0 Å². The van der Waals surface area contributed by atoms with Crippen LogP contribution < -0.4 is 10.7 Å². The van der Waals surface area contributed by atoms with Crippen LogP contribution in [0.3, 0.4) is 0 Å². The summed E-state index contributed by atoms with van der Waals surface area (Å²) < 4.78 is 16.2. The normalized spacial score (nSPS) is 20.8. The molecule has 15 nitrogen and oxygen atoms in total. The average Bonchev–Trinajstić information content (AvgIpc) is 3.99. The number of nitrogens with one attached hydrogen (secondary N) is 2. The van der Waals surface area contributed by atoms with Gasteiger partial charge in [0.05, 0.1) is 30.0 Å². The summed E-state index contributed by atoms with van der Waals surface area (Å²) in [6.07, 6.45) is 7.10. The molecule has 0 aliphatic carbocycles. The van der Waals surface area contributed by atoms with Crippen molar-refractivity contribution in [1.82, 2.24) is 39.8 Å². The lowest BCUT2D eigenvalue weighted by atomic mass is 9.84. The number of aromatic nitrogens is 4. The number of likely N-dealkylation sites (N-methyl/N-ethyl adjacent to an activating group) is 1. The summed E-state index contributed by atoms with van der Waals surface area (Å²) in [6.45, 7) is 13.6. The summed E-state index contributed by atoms with van der Waals surface area (Å²) >= 11 is 0. The fourth-order valence-corrected chi connectivity index (χ4v) is 10.1. The fourth-order valence-electron chi connectivity index (χ4n) is 10.1. The van der Waals surface area contributed by atoms with E-state index in [1.807, 2.05) is 49.7 Å². The van der Waals surface area contributed by atoms with Gasteiger partial charge in [-0.1, -0.05) is 39.8 Å². The molecule has 6 bridgehead atoms. The Morgan fingerprint density at radius 3 is 2.60 bits per heavy atom. The summed E-state index contributed by atoms with van der Waals surface area (Å²) in [4.78, 5) is 67.8. The zero-order valence-corrected chi connectivity index (χ0v) is 38.8. The maximum atomic E-state index is 14.7. The molecule has 4 unspecified atom stereocenters. The molecule has 6 heterocycles. The number of methoxy groups -OCH3 is 1. The fraction of sp³-hybridized carbons (Fsp3) is 0.480. The monoisotopic (exact) mass is 886 g/mol. The van der Waals surface area contributed by atoms with E-state index in [-0.39, 0.29) is 42.6 Å². The van der Waals surface area contributed by atoms with Crippen LogP contribution in [0.5, 0.6) is 5.75 Å². The number of hydrogen-bond donors (Lipinski definition) is 3. The first kappa shape index (κ1) is 45.5. The highest BCUT2D eigenvalue weighted by molar-refractivity contribution is 5.96. The van der Waals surface area contributed by atoms with E-state index in [4.69, 9.17) is 14.5 Å². The van der Waals surface area contributed by atoms with Crippen molar-refractivity contribution in [3.63, 3.8) is 0 Å². The van der Waals surface area contributed by atoms with E-state index in [1.54, 1.807) is 38.7 Å². The van der Waals surface area contributed by atoms with Crippen molar-refractivity contribution in [2.45, 2.75) is 111 Å². The van der Waals surface area contributed by atoms with Gasteiger partial charge in [-0.15, -0.1) is 0 Å². The average molecular weight is 887 g/mol. The number of imidazole rings is 1. The maximum absolute atomic E-state index is 14.7. The number of fused-ring (bicyclic) bond motifs is 7. The molecular weight excluding hydrogens is 825 g/mol. The van der Waals surface area contributed by atoms with Gasteiger partial charge in [-0.25, -0.2) is 10.4 Å². The quantitative estimate of drug-likeness (QED) is 0.149. The van der Waals surface area contributed by atoms with E-state index >= 15 is 0 Å². The van der Waals surface area contributed by atoms with Gasteiger partial charge in [-0.3, -0.25) is 29.2 Å². The number of hydrogen-bond acceptors (Lipinski definition) is 10. The molecule has 5 atom stereocenters. The number of phenolic OH excluding ortho intramolecular Hbond substituents is 1. The maximum Gasteiger partial charge on any atom is 0.324 e. The number of ether oxygens (including phenoxy) is 2. The van der Waals surface area contributed by atoms with Gasteiger partial charge in [-0.05, 0) is 97.7 Å². The highest BCUT2D eigenvalue weighted by Gasteiger charge is 2.40. The third kappa shape index (κ3) is 9.13. The van der Waals surface area contributed by atoms with Gasteiger partial charge in [0.25, 0.3) is 5.91 Å². The number of aryl methyl sites for hydroxylation is 1. The third-order valence-electron chi connectivity index (χ3n) is 13.3. The largest absolute Gasteiger partial charge is 0.508 e. The molecule has 0 radical (unpaired) electrons. The Balaban J connectivity index is 1.21. The molecule has 2 aromatic carbocycles. The highest BCUT2D eigenvalue weighted by atomic mass is 16.5. The molecule has 0 saturated carbocycles. The van der Waals surface area contributed by atoms with Crippen molar-refractivity contribution in [2.24, 2.45) is 17.3 Å². The molecule has 3 aliphatic rings. The van der Waals surface area contributed by atoms with E-state index in [9.17, 15) is 24.3 Å². The van der Waals surface area contributed by atoms with E-state index in [1.165, 1.54) is 9.91 Å². The summed E-state index contributed by atoms with van der Waals surface area (Å²) in [5, 5.41) is 16.8. The minimum absolute atomic E-state index is 0.00655. The molecule has 344 valence electrons. The molecule has 0 spiro atoms. The first-order valence-electron chi connectivity index (χ1n) is 22.8. The van der Waals surface area contributed by atoms with Crippen LogP contribution in [-0.4, -0.2) is 103 Å². The number of cyclic esters (lactones) is 1. The Morgan fingerprint density at radius 2 is 1.86 bits per heavy atom. The molecule has 1 saturated heterocycles. The number of nitrogens with zero attached hydrogens (tertiary/aromatic N) is 6. The SMILES string of the molecule is CCn1c(-c2cccnc2C(C)OC)c2c3cc(ccc31)-c1cc(O)cc(c1)CC(NC(=O)C(C(C)C)N(C)C(=O)C1Cc3nccn3C1)C(=O)N1CCC[C@H](N1)C(=O)OCC(C)(C)C2. The van der Waals surface area contributed by atoms with Crippen LogP contribution in [0.25, 0.3) is 33.3 Å². The lowest BCUT2D eigenvalue weighted by Gasteiger charge is -2.37. The van der Waals surface area contributed by atoms with Crippen molar-refractivity contribution in [1.29, 1.82) is 0 Å². The number of rotatable bonds is 9. The van der Waals surface area contributed by atoms with Crippen molar-refractivity contribution in [3.05, 3.63) is 89.8 Å². The van der Waals surface area contributed by atoms with E-state index in [2.05, 4.69) is 59.3 Å². The number of hydrazine groups is 1. The Labute approximate surface area is 380 Å². The summed E-state index contributed by atoms with van der Waals surface area (Å²) in [7, 11) is 3.32. The standard InChI is InChI=1S/C50H62N8O7/c1-9-57-41-15-14-32-24-37(41)38(45(57)36-12-10-16-52-43(36)30(4)64-8)26-50(5,6)28-65-49(63)39-13-11-18-58(54-39)48(62)40(22-31-20-33(32)23-35(59)21-31)53-46(60)44(29(2)3)55(7)47(61)34-25-42-51-17-19-56(42)27-34/h10,12,14-17,19-21,23-24,29-30,34,39-40,44,54,59H,9,11,13,18,22,25-28H2,1-8H3,(H,53,60)/t30?,34?,39-,40?,44?/m0/s1. The topological polar surface area (TPSA) is 173 Å². The number of benzene rings is 2. The summed E-state index contributed by atoms with van der Waals surface area (Å²) in [5.74, 6) is -1.39. The predicted octanol–water partition coefficient (Wildman–Crippen LogP) is 6.00. The Bertz CT molecular complexity index is 2590. The molecular formula is C50H62N8O7. The summed E-state index contributed by atoms with van der Waals surface area (Å²) in [5.41, 5.74) is 9.67. The predicted molar refractivity (Wildman–Crippen MR) is 246 cm³/mol. The number of carbonyl (C=O) groups is 4. The van der Waals surface area contributed by atoms with E-state index < -0.39 is 41.3 Å². The molecule has 15 heteroatoms. The molecule has 3 N–H and O–H groups in total. The zero-order valence-electron chi connectivity index (χ0n) is 38.8. The van der Waals surface area contributed by atoms with Gasteiger partial charge in [0.2, 0.25) is 11.8 Å². The first-order valence-corrected chi connectivity index (χ1v) is 22.8. The second kappa shape index (κ2) is 18.4. The van der Waals surface area contributed by atoms with E-state index in [0.717, 1.165) is 50.4 Å². The zero-order chi connectivity index (χ0) is 46.3. The van der Waals surface area contributed by atoms with Crippen molar-refractivity contribution < 1.29 is 33.8 Å². The third-order valence-corrected chi connectivity index (χ3v) is 13.3. The van der Waals surface area contributed by atoms with Crippen LogP contribution in [-0.2, 0) is 61.0 Å². The molecule has 1 fully saturated rings. The van der Waals surface area contributed by atoms with Crippen LogP contribution >= 0.6 is 0 Å². The summed E-state index contributed by atoms with van der Waals surface area (Å²) in [6, 6.07) is 12.7. The minimum atomic E-state index is -1.13. The van der Waals surface area contributed by atoms with Crippen LogP contribution in [0.4, 0.5) is 0 Å². The van der Waals surface area contributed by atoms with Gasteiger partial charge in [0.1, 0.15) is 29.7 Å². The number of phenols is 1. The van der Waals surface area contributed by atoms with Gasteiger partial charge in [0.15, 0.2) is 0 Å². The first-order chi connectivity index (χ1) is 31.1. The van der Waals surface area contributed by atoms with Crippen molar-refractivity contribution >= 4 is 34.6 Å². The molecule has 3 amide bonds. The molecule has 3 aromatic heterocycles. The Morgan fingerprint density at radius 1 is 1.06 bits per heavy atom. The van der Waals surface area contributed by atoms with Crippen LogP contribution in [0.1, 0.15) is 83.1 Å². The number of carbonyl (C=O) groups excluding carboxylic acids is 4. The van der Waals surface area contributed by atoms with Gasteiger partial charge in [0, 0.05) is 87.1 Å². The second-order valence-corrected chi connectivity index (χ2v) is 19.1. The van der Waals surface area contributed by atoms with Crippen LogP contribution in [0.2, 0.25) is 0 Å². The number of pyridine rings is 1. The minimum Gasteiger partial charge on any atom is -0.508 e. The molecule has 8 rings (SSSR count). The second-order valence-electron chi connectivity index (χ2n) is 19.1. The molecule has 5 aromatic rings. The number of amides is 3. The van der Waals surface area contributed by atoms with Crippen molar-refractivity contribution in [2.75, 3.05) is 27.3 Å². The van der Waals surface area contributed by atoms with Crippen LogP contribution in [0, 0.1) is 17.3 Å². The molecule has 65 heavy (non-hydrogen) atoms. The smallest absolute Gasteiger partial charge is 0.324 e. The lowest BCUT2D eigenvalue weighted by Crippen LogP contribution is -2.62.